The number of fused-ring (bicyclic) bond motifs is 1. The topological polar surface area (TPSA) is 54.7 Å². The van der Waals surface area contributed by atoms with E-state index in [2.05, 4.69) is 43.8 Å². The van der Waals surface area contributed by atoms with Gasteiger partial charge in [0, 0.05) is 15.2 Å². The maximum absolute atomic E-state index is 4.92. The molecule has 3 aromatic heterocycles. The van der Waals surface area contributed by atoms with Crippen LogP contribution in [0.1, 0.15) is 5.69 Å². The molecule has 0 atom stereocenters. The zero-order valence-electron chi connectivity index (χ0n) is 8.49. The quantitative estimate of drug-likeness (QED) is 0.700. The molecule has 5 heteroatoms. The Hall–Kier alpha value is -1.37. The van der Waals surface area contributed by atoms with E-state index in [1.165, 1.54) is 3.57 Å². The molecule has 0 radical (unpaired) electrons. The summed E-state index contributed by atoms with van der Waals surface area (Å²) in [4.78, 5) is 7.68. The van der Waals surface area contributed by atoms with Crippen LogP contribution in [-0.2, 0) is 0 Å². The summed E-state index contributed by atoms with van der Waals surface area (Å²) in [6.45, 7) is 1.91. The average Bonchev–Trinajstić information content (AvgIpc) is 2.86. The summed E-state index contributed by atoms with van der Waals surface area (Å²) in [5.41, 5.74) is 3.56. The van der Waals surface area contributed by atoms with Crippen molar-refractivity contribution in [2.45, 2.75) is 6.92 Å². The number of hydrogen-bond donors (Lipinski definition) is 1. The van der Waals surface area contributed by atoms with Crippen molar-refractivity contribution in [1.82, 2.24) is 15.1 Å². The van der Waals surface area contributed by atoms with E-state index in [4.69, 9.17) is 4.52 Å². The van der Waals surface area contributed by atoms with Crippen molar-refractivity contribution in [3.63, 3.8) is 0 Å². The molecule has 3 aromatic rings. The Bertz CT molecular complexity index is 656. The van der Waals surface area contributed by atoms with Gasteiger partial charge < -0.3 is 9.51 Å². The first-order valence-electron chi connectivity index (χ1n) is 4.80. The van der Waals surface area contributed by atoms with Gasteiger partial charge in [-0.15, -0.1) is 0 Å². The molecule has 0 aliphatic rings. The third kappa shape index (κ3) is 1.42. The largest absolute Gasteiger partial charge is 0.364 e. The van der Waals surface area contributed by atoms with E-state index in [0.717, 1.165) is 28.0 Å². The number of hydrogen-bond acceptors (Lipinski definition) is 3. The van der Waals surface area contributed by atoms with Crippen LogP contribution in [0.25, 0.3) is 22.3 Å². The summed E-state index contributed by atoms with van der Waals surface area (Å²) in [5, 5.41) is 4.99. The van der Waals surface area contributed by atoms with Gasteiger partial charge >= 0.3 is 0 Å². The molecule has 0 amide bonds. The molecule has 0 unspecified atom stereocenters. The molecule has 0 bridgehead atoms. The molecule has 0 saturated carbocycles. The normalized spacial score (nSPS) is 11.1. The lowest BCUT2D eigenvalue weighted by atomic mass is 10.1. The first-order chi connectivity index (χ1) is 7.75. The fourth-order valence-corrected chi connectivity index (χ4v) is 2.25. The van der Waals surface area contributed by atoms with E-state index in [0.29, 0.717) is 0 Å². The Kier molecular flexibility index (Phi) is 2.20. The van der Waals surface area contributed by atoms with Crippen molar-refractivity contribution in [2.75, 3.05) is 0 Å². The Balaban J connectivity index is 2.23. The summed E-state index contributed by atoms with van der Waals surface area (Å²) < 4.78 is 6.09. The van der Waals surface area contributed by atoms with Gasteiger partial charge in [0.15, 0.2) is 0 Å². The Morgan fingerprint density at radius 2 is 2.25 bits per heavy atom. The molecular formula is C11H8IN3O. The Morgan fingerprint density at radius 1 is 1.38 bits per heavy atom. The Labute approximate surface area is 105 Å². The lowest BCUT2D eigenvalue weighted by molar-refractivity contribution is 0.415. The number of nitrogens with zero attached hydrogens (tertiary/aromatic N) is 2. The highest BCUT2D eigenvalue weighted by Crippen LogP contribution is 2.25. The molecule has 1 N–H and O–H groups in total. The van der Waals surface area contributed by atoms with Gasteiger partial charge in [0.1, 0.15) is 11.9 Å². The summed E-state index contributed by atoms with van der Waals surface area (Å²) >= 11 is 2.28. The van der Waals surface area contributed by atoms with Crippen LogP contribution in [0.5, 0.6) is 0 Å². The predicted molar refractivity (Wildman–Crippen MR) is 69.0 cm³/mol. The second kappa shape index (κ2) is 3.58. The first-order valence-corrected chi connectivity index (χ1v) is 5.88. The molecule has 0 spiro atoms. The molecule has 3 rings (SSSR count). The van der Waals surface area contributed by atoms with Crippen molar-refractivity contribution >= 4 is 33.6 Å². The standard InChI is InChI=1S/C11H8IN3O/c1-6-8(5-16-15-6)10-3-2-7-9(12)4-13-11(7)14-10/h2-5H,1H3,(H,13,14). The van der Waals surface area contributed by atoms with Crippen molar-refractivity contribution in [3.8, 4) is 11.3 Å². The molecule has 0 aliphatic carbocycles. The maximum Gasteiger partial charge on any atom is 0.139 e. The fourth-order valence-electron chi connectivity index (χ4n) is 1.66. The summed E-state index contributed by atoms with van der Waals surface area (Å²) in [6, 6.07) is 4.04. The van der Waals surface area contributed by atoms with Gasteiger partial charge in [0.05, 0.1) is 17.0 Å². The molecule has 80 valence electrons. The van der Waals surface area contributed by atoms with E-state index in [1.807, 2.05) is 19.2 Å². The van der Waals surface area contributed by atoms with Gasteiger partial charge in [-0.05, 0) is 41.6 Å². The van der Waals surface area contributed by atoms with Crippen molar-refractivity contribution in [3.05, 3.63) is 33.9 Å². The highest BCUT2D eigenvalue weighted by molar-refractivity contribution is 14.1. The molecular weight excluding hydrogens is 317 g/mol. The summed E-state index contributed by atoms with van der Waals surface area (Å²) in [7, 11) is 0. The number of aryl methyl sites for hydroxylation is 1. The lowest BCUT2D eigenvalue weighted by Gasteiger charge is -1.97. The SMILES string of the molecule is Cc1nocc1-c1ccc2c(I)c[nH]c2n1. The smallest absolute Gasteiger partial charge is 0.139 e. The van der Waals surface area contributed by atoms with Gasteiger partial charge in [-0.2, -0.15) is 0 Å². The van der Waals surface area contributed by atoms with Gasteiger partial charge in [-0.3, -0.25) is 0 Å². The third-order valence-corrected chi connectivity index (χ3v) is 3.41. The average molecular weight is 325 g/mol. The minimum Gasteiger partial charge on any atom is -0.364 e. The Morgan fingerprint density at radius 3 is 3.00 bits per heavy atom. The number of aromatic amines is 1. The molecule has 3 heterocycles. The van der Waals surface area contributed by atoms with E-state index in [9.17, 15) is 0 Å². The van der Waals surface area contributed by atoms with E-state index >= 15 is 0 Å². The van der Waals surface area contributed by atoms with Gasteiger partial charge in [-0.1, -0.05) is 5.16 Å². The number of halogens is 1. The van der Waals surface area contributed by atoms with Crippen LogP contribution in [0.2, 0.25) is 0 Å². The van der Waals surface area contributed by atoms with Gasteiger partial charge in [0.25, 0.3) is 0 Å². The molecule has 0 saturated heterocycles. The van der Waals surface area contributed by atoms with Crippen LogP contribution < -0.4 is 0 Å². The molecule has 0 fully saturated rings. The third-order valence-electron chi connectivity index (χ3n) is 2.51. The molecule has 0 aromatic carbocycles. The van der Waals surface area contributed by atoms with E-state index in [1.54, 1.807) is 6.26 Å². The van der Waals surface area contributed by atoms with Crippen LogP contribution in [0.15, 0.2) is 29.1 Å². The van der Waals surface area contributed by atoms with Crippen molar-refractivity contribution in [2.24, 2.45) is 0 Å². The number of H-pyrrole nitrogens is 1. The fraction of sp³-hybridized carbons (Fsp3) is 0.0909. The van der Waals surface area contributed by atoms with Crippen LogP contribution in [0.3, 0.4) is 0 Å². The number of aromatic nitrogens is 3. The van der Waals surface area contributed by atoms with E-state index < -0.39 is 0 Å². The van der Waals surface area contributed by atoms with Crippen LogP contribution >= 0.6 is 22.6 Å². The zero-order valence-corrected chi connectivity index (χ0v) is 10.6. The highest BCUT2D eigenvalue weighted by atomic mass is 127. The zero-order chi connectivity index (χ0) is 11.1. The number of nitrogens with one attached hydrogen (secondary N) is 1. The van der Waals surface area contributed by atoms with Crippen molar-refractivity contribution in [1.29, 1.82) is 0 Å². The van der Waals surface area contributed by atoms with Crippen LogP contribution in [0.4, 0.5) is 0 Å². The van der Waals surface area contributed by atoms with Gasteiger partial charge in [0.2, 0.25) is 0 Å². The number of rotatable bonds is 1. The summed E-state index contributed by atoms with van der Waals surface area (Å²) in [6.07, 6.45) is 3.57. The number of pyridine rings is 1. The van der Waals surface area contributed by atoms with E-state index in [-0.39, 0.29) is 0 Å². The van der Waals surface area contributed by atoms with Crippen LogP contribution in [0, 0.1) is 10.5 Å². The molecule has 4 nitrogen and oxygen atoms in total. The predicted octanol–water partition coefficient (Wildman–Crippen LogP) is 3.13. The second-order valence-electron chi connectivity index (χ2n) is 3.54. The minimum atomic E-state index is 0.855. The monoisotopic (exact) mass is 325 g/mol. The highest BCUT2D eigenvalue weighted by Gasteiger charge is 2.09. The molecule has 0 aliphatic heterocycles. The first kappa shape index (κ1) is 9.83. The molecule has 16 heavy (non-hydrogen) atoms. The second-order valence-corrected chi connectivity index (χ2v) is 4.71. The van der Waals surface area contributed by atoms with Crippen LogP contribution in [-0.4, -0.2) is 15.1 Å². The van der Waals surface area contributed by atoms with Crippen molar-refractivity contribution < 1.29 is 4.52 Å². The minimum absolute atomic E-state index is 0.855. The van der Waals surface area contributed by atoms with Gasteiger partial charge in [-0.25, -0.2) is 4.98 Å². The lowest BCUT2D eigenvalue weighted by Crippen LogP contribution is -1.85. The summed E-state index contributed by atoms with van der Waals surface area (Å²) in [5.74, 6) is 0. The maximum atomic E-state index is 4.92.